The zero-order chi connectivity index (χ0) is 16.4. The summed E-state index contributed by atoms with van der Waals surface area (Å²) in [6.07, 6.45) is 0. The fraction of sp³-hybridized carbons (Fsp3) is 0.611. The van der Waals surface area contributed by atoms with Crippen LogP contribution in [0.15, 0.2) is 18.2 Å². The summed E-state index contributed by atoms with van der Waals surface area (Å²) in [4.78, 5) is 19.2. The smallest absolute Gasteiger partial charge is 0.242 e. The van der Waals surface area contributed by atoms with Gasteiger partial charge in [0.25, 0.3) is 0 Å². The van der Waals surface area contributed by atoms with E-state index in [1.54, 1.807) is 0 Å². The zero-order valence-corrected chi connectivity index (χ0v) is 14.4. The SMILES string of the molecule is Cc1ccc2c(c1)N(CC(=O)N1CCN(C(C)C)CC1)CCO2. The average Bonchev–Trinajstić information content (AvgIpc) is 2.55. The standard InChI is InChI=1S/C18H27N3O2/c1-14(2)19-6-8-20(9-7-19)18(22)13-21-10-11-23-17-5-4-15(3)12-16(17)21/h4-5,12,14H,6-11,13H2,1-3H3. The topological polar surface area (TPSA) is 36.0 Å². The Morgan fingerprint density at radius 2 is 1.91 bits per heavy atom. The van der Waals surface area contributed by atoms with Crippen LogP contribution in [0.2, 0.25) is 0 Å². The third kappa shape index (κ3) is 3.61. The van der Waals surface area contributed by atoms with Gasteiger partial charge in [-0.3, -0.25) is 9.69 Å². The lowest BCUT2D eigenvalue weighted by atomic mass is 10.1. The number of hydrogen-bond acceptors (Lipinski definition) is 4. The first kappa shape index (κ1) is 16.1. The van der Waals surface area contributed by atoms with E-state index in [1.165, 1.54) is 5.56 Å². The van der Waals surface area contributed by atoms with Gasteiger partial charge in [0.1, 0.15) is 12.4 Å². The molecule has 2 aliphatic rings. The molecule has 1 aromatic carbocycles. The minimum Gasteiger partial charge on any atom is -0.490 e. The lowest BCUT2D eigenvalue weighted by Crippen LogP contribution is -2.53. The molecule has 2 aliphatic heterocycles. The Hall–Kier alpha value is -1.75. The number of hydrogen-bond donors (Lipinski definition) is 0. The highest BCUT2D eigenvalue weighted by atomic mass is 16.5. The highest BCUT2D eigenvalue weighted by molar-refractivity contribution is 5.82. The highest BCUT2D eigenvalue weighted by Gasteiger charge is 2.26. The quantitative estimate of drug-likeness (QED) is 0.851. The van der Waals surface area contributed by atoms with Gasteiger partial charge in [-0.15, -0.1) is 0 Å². The third-order valence-electron chi connectivity index (χ3n) is 4.80. The number of amides is 1. The molecule has 126 valence electrons. The minimum atomic E-state index is 0.225. The molecule has 0 aliphatic carbocycles. The molecule has 0 radical (unpaired) electrons. The van der Waals surface area contributed by atoms with Crippen LogP contribution in [-0.4, -0.2) is 67.6 Å². The van der Waals surface area contributed by atoms with E-state index < -0.39 is 0 Å². The third-order valence-corrected chi connectivity index (χ3v) is 4.80. The Morgan fingerprint density at radius 3 is 2.61 bits per heavy atom. The number of aryl methyl sites for hydroxylation is 1. The number of anilines is 1. The molecular weight excluding hydrogens is 290 g/mol. The maximum absolute atomic E-state index is 12.7. The van der Waals surface area contributed by atoms with E-state index in [1.807, 2.05) is 11.0 Å². The second kappa shape index (κ2) is 6.79. The number of piperazine rings is 1. The highest BCUT2D eigenvalue weighted by Crippen LogP contribution is 2.32. The molecule has 5 nitrogen and oxygen atoms in total. The molecule has 1 amide bonds. The molecule has 2 heterocycles. The molecule has 0 unspecified atom stereocenters. The molecule has 1 saturated heterocycles. The van der Waals surface area contributed by atoms with Crippen molar-refractivity contribution < 1.29 is 9.53 Å². The summed E-state index contributed by atoms with van der Waals surface area (Å²) in [7, 11) is 0. The van der Waals surface area contributed by atoms with Crippen molar-refractivity contribution in [2.45, 2.75) is 26.8 Å². The molecule has 0 N–H and O–H groups in total. The maximum Gasteiger partial charge on any atom is 0.242 e. The van der Waals surface area contributed by atoms with E-state index in [4.69, 9.17) is 4.74 Å². The molecule has 0 aromatic heterocycles. The molecule has 1 fully saturated rings. The lowest BCUT2D eigenvalue weighted by Gasteiger charge is -2.38. The predicted molar refractivity (Wildman–Crippen MR) is 92.2 cm³/mol. The first-order valence-corrected chi connectivity index (χ1v) is 8.55. The Kier molecular flexibility index (Phi) is 4.76. The summed E-state index contributed by atoms with van der Waals surface area (Å²) in [5, 5.41) is 0. The first-order chi connectivity index (χ1) is 11.0. The van der Waals surface area contributed by atoms with Crippen LogP contribution in [0.5, 0.6) is 5.75 Å². The van der Waals surface area contributed by atoms with E-state index in [2.05, 4.69) is 42.7 Å². The number of nitrogens with zero attached hydrogens (tertiary/aromatic N) is 3. The van der Waals surface area contributed by atoms with Crippen LogP contribution in [0.3, 0.4) is 0 Å². The Labute approximate surface area is 138 Å². The molecule has 0 saturated carbocycles. The van der Waals surface area contributed by atoms with Gasteiger partial charge in [0.05, 0.1) is 18.8 Å². The number of ether oxygens (including phenoxy) is 1. The number of carbonyl (C=O) groups is 1. The number of benzene rings is 1. The van der Waals surface area contributed by atoms with E-state index in [9.17, 15) is 4.79 Å². The fourth-order valence-electron chi connectivity index (χ4n) is 3.30. The van der Waals surface area contributed by atoms with Crippen molar-refractivity contribution in [2.24, 2.45) is 0 Å². The van der Waals surface area contributed by atoms with Crippen molar-refractivity contribution in [2.75, 3.05) is 50.8 Å². The van der Waals surface area contributed by atoms with E-state index in [-0.39, 0.29) is 5.91 Å². The van der Waals surface area contributed by atoms with Crippen molar-refractivity contribution in [3.8, 4) is 5.75 Å². The van der Waals surface area contributed by atoms with Crippen LogP contribution < -0.4 is 9.64 Å². The lowest BCUT2D eigenvalue weighted by molar-refractivity contribution is -0.131. The van der Waals surface area contributed by atoms with Crippen molar-refractivity contribution >= 4 is 11.6 Å². The molecule has 0 atom stereocenters. The first-order valence-electron chi connectivity index (χ1n) is 8.55. The van der Waals surface area contributed by atoms with Gasteiger partial charge < -0.3 is 14.5 Å². The zero-order valence-electron chi connectivity index (χ0n) is 14.4. The summed E-state index contributed by atoms with van der Waals surface area (Å²) < 4.78 is 5.70. The van der Waals surface area contributed by atoms with E-state index >= 15 is 0 Å². The molecule has 1 aromatic rings. The van der Waals surface area contributed by atoms with Gasteiger partial charge in [-0.1, -0.05) is 6.07 Å². The molecular formula is C18H27N3O2. The number of rotatable bonds is 3. The molecule has 0 bridgehead atoms. The molecule has 5 heteroatoms. The fourth-order valence-corrected chi connectivity index (χ4v) is 3.30. The number of fused-ring (bicyclic) bond motifs is 1. The van der Waals surface area contributed by atoms with Crippen LogP contribution >= 0.6 is 0 Å². The van der Waals surface area contributed by atoms with Gasteiger partial charge in [-0.25, -0.2) is 0 Å². The van der Waals surface area contributed by atoms with Crippen molar-refractivity contribution in [3.05, 3.63) is 23.8 Å². The van der Waals surface area contributed by atoms with Crippen molar-refractivity contribution in [1.29, 1.82) is 0 Å². The van der Waals surface area contributed by atoms with Crippen LogP contribution in [0.1, 0.15) is 19.4 Å². The minimum absolute atomic E-state index is 0.225. The largest absolute Gasteiger partial charge is 0.490 e. The second-order valence-electron chi connectivity index (χ2n) is 6.75. The van der Waals surface area contributed by atoms with E-state index in [0.29, 0.717) is 19.2 Å². The summed E-state index contributed by atoms with van der Waals surface area (Å²) in [5.74, 6) is 1.11. The predicted octanol–water partition coefficient (Wildman–Crippen LogP) is 1.75. The van der Waals surface area contributed by atoms with Crippen molar-refractivity contribution in [1.82, 2.24) is 9.80 Å². The summed E-state index contributed by atoms with van der Waals surface area (Å²) in [6, 6.07) is 6.72. The molecule has 3 rings (SSSR count). The van der Waals surface area contributed by atoms with Gasteiger partial charge in [0.2, 0.25) is 5.91 Å². The summed E-state index contributed by atoms with van der Waals surface area (Å²) in [5.41, 5.74) is 2.24. The van der Waals surface area contributed by atoms with Crippen LogP contribution in [-0.2, 0) is 4.79 Å². The Balaban J connectivity index is 1.62. The Morgan fingerprint density at radius 1 is 1.17 bits per heavy atom. The summed E-state index contributed by atoms with van der Waals surface area (Å²) >= 11 is 0. The van der Waals surface area contributed by atoms with Gasteiger partial charge in [-0.2, -0.15) is 0 Å². The molecule has 23 heavy (non-hydrogen) atoms. The monoisotopic (exact) mass is 317 g/mol. The normalized spacial score (nSPS) is 18.8. The van der Waals surface area contributed by atoms with Gasteiger partial charge in [0, 0.05) is 32.2 Å². The number of carbonyl (C=O) groups excluding carboxylic acids is 1. The van der Waals surface area contributed by atoms with Crippen molar-refractivity contribution in [3.63, 3.8) is 0 Å². The maximum atomic E-state index is 12.7. The summed E-state index contributed by atoms with van der Waals surface area (Å²) in [6.45, 7) is 12.0. The van der Waals surface area contributed by atoms with Gasteiger partial charge >= 0.3 is 0 Å². The van der Waals surface area contributed by atoms with Crippen LogP contribution in [0.4, 0.5) is 5.69 Å². The van der Waals surface area contributed by atoms with E-state index in [0.717, 1.165) is 44.2 Å². The second-order valence-corrected chi connectivity index (χ2v) is 6.75. The molecule has 0 spiro atoms. The van der Waals surface area contributed by atoms with Gasteiger partial charge in [-0.05, 0) is 38.5 Å². The Bertz CT molecular complexity index is 565. The average molecular weight is 317 g/mol. The van der Waals surface area contributed by atoms with Crippen LogP contribution in [0, 0.1) is 6.92 Å². The van der Waals surface area contributed by atoms with Crippen LogP contribution in [0.25, 0.3) is 0 Å². The van der Waals surface area contributed by atoms with Gasteiger partial charge in [0.15, 0.2) is 0 Å².